The van der Waals surface area contributed by atoms with E-state index in [1.807, 2.05) is 0 Å². The number of nitrogens with two attached hydrogens (primary N) is 1. The van der Waals surface area contributed by atoms with Crippen LogP contribution in [0.1, 0.15) is 60.1 Å². The molecule has 0 saturated heterocycles. The average Bonchev–Trinajstić information content (AvgIpc) is 3.59. The van der Waals surface area contributed by atoms with E-state index in [2.05, 4.69) is 20.3 Å². The van der Waals surface area contributed by atoms with Gasteiger partial charge >= 0.3 is 0 Å². The fourth-order valence-electron chi connectivity index (χ4n) is 4.64. The highest BCUT2D eigenvalue weighted by Crippen LogP contribution is 2.38. The van der Waals surface area contributed by atoms with Crippen molar-refractivity contribution in [3.63, 3.8) is 0 Å². The molecule has 3 unspecified atom stereocenters. The fourth-order valence-corrected chi connectivity index (χ4v) is 4.64. The van der Waals surface area contributed by atoms with Crippen LogP contribution in [-0.2, 0) is 0 Å². The summed E-state index contributed by atoms with van der Waals surface area (Å²) in [5, 5.41) is 2.79. The Morgan fingerprint density at radius 2 is 2.06 bits per heavy atom. The van der Waals surface area contributed by atoms with Gasteiger partial charge in [0.25, 0.3) is 12.3 Å². The lowest BCUT2D eigenvalue weighted by Crippen LogP contribution is -2.47. The van der Waals surface area contributed by atoms with Gasteiger partial charge in [0.2, 0.25) is 0 Å². The number of carbonyl (C=O) groups excluding carboxylic acids is 1. The van der Waals surface area contributed by atoms with E-state index < -0.39 is 24.5 Å². The number of fused-ring (bicyclic) bond motifs is 1. The number of amides is 1. The van der Waals surface area contributed by atoms with E-state index in [1.54, 1.807) is 6.92 Å². The monoisotopic (exact) mass is 487 g/mol. The van der Waals surface area contributed by atoms with E-state index in [0.717, 1.165) is 12.8 Å². The highest BCUT2D eigenvalue weighted by atomic mass is 19.3. The standard InChI is InChI=1S/C25H28F3N5O2/c1-12-20(25(34)33-18-6-5-15(29)9-17(18)26)22-23(32-12)21(30-11-31-22)16-8-14(24(27)28)4-7-19(16)35-10-13-2-3-13/h4,7-8,11,13,15,17-18,24,32H,2-3,5-6,9-10,29H2,1H3,(H,33,34). The SMILES string of the molecule is Cc1[nH]c2c(-c3cc(C(F)F)ccc3OCC3CC3)ncnc2c1C(=O)NC1CCC(N)CC1F. The molecule has 7 nitrogen and oxygen atoms in total. The molecule has 2 saturated carbocycles. The zero-order valence-corrected chi connectivity index (χ0v) is 19.4. The maximum Gasteiger partial charge on any atom is 0.263 e. The number of ether oxygens (including phenoxy) is 1. The van der Waals surface area contributed by atoms with E-state index in [-0.39, 0.29) is 23.6 Å². The number of carbonyl (C=O) groups is 1. The van der Waals surface area contributed by atoms with E-state index >= 15 is 0 Å². The largest absolute Gasteiger partial charge is 0.493 e. The lowest BCUT2D eigenvalue weighted by Gasteiger charge is -2.30. The van der Waals surface area contributed by atoms with Gasteiger partial charge in [0, 0.05) is 22.9 Å². The molecule has 2 aliphatic rings. The molecule has 2 fully saturated rings. The second-order valence-corrected chi connectivity index (χ2v) is 9.55. The first-order chi connectivity index (χ1) is 16.8. The lowest BCUT2D eigenvalue weighted by molar-refractivity contribution is 0.0876. The van der Waals surface area contributed by atoms with E-state index in [1.165, 1.54) is 24.5 Å². The van der Waals surface area contributed by atoms with Crippen molar-refractivity contribution in [2.24, 2.45) is 11.7 Å². The Balaban J connectivity index is 1.52. The molecule has 0 spiro atoms. The van der Waals surface area contributed by atoms with Crippen LogP contribution in [0.4, 0.5) is 13.2 Å². The minimum Gasteiger partial charge on any atom is -0.493 e. The summed E-state index contributed by atoms with van der Waals surface area (Å²) in [6.07, 6.45) is 0.876. The van der Waals surface area contributed by atoms with E-state index in [0.29, 0.717) is 59.1 Å². The van der Waals surface area contributed by atoms with Crippen LogP contribution < -0.4 is 15.8 Å². The Morgan fingerprint density at radius 3 is 2.77 bits per heavy atom. The summed E-state index contributed by atoms with van der Waals surface area (Å²) in [6, 6.07) is 3.41. The van der Waals surface area contributed by atoms with Crippen molar-refractivity contribution in [1.82, 2.24) is 20.3 Å². The van der Waals surface area contributed by atoms with Gasteiger partial charge in [-0.05, 0) is 63.1 Å². The van der Waals surface area contributed by atoms with Crippen molar-refractivity contribution in [1.29, 1.82) is 0 Å². The van der Waals surface area contributed by atoms with Crippen LogP contribution in [0.3, 0.4) is 0 Å². The van der Waals surface area contributed by atoms with Gasteiger partial charge < -0.3 is 20.8 Å². The normalized spacial score (nSPS) is 22.5. The van der Waals surface area contributed by atoms with Crippen LogP contribution in [0, 0.1) is 12.8 Å². The van der Waals surface area contributed by atoms with Crippen LogP contribution >= 0.6 is 0 Å². The zero-order valence-electron chi connectivity index (χ0n) is 19.4. The number of aromatic amines is 1. The Kier molecular flexibility index (Phi) is 6.39. The molecule has 2 heterocycles. The Morgan fingerprint density at radius 1 is 1.26 bits per heavy atom. The average molecular weight is 488 g/mol. The number of nitrogens with one attached hydrogen (secondary N) is 2. The van der Waals surface area contributed by atoms with Gasteiger partial charge in [-0.25, -0.2) is 23.1 Å². The number of halogens is 3. The summed E-state index contributed by atoms with van der Waals surface area (Å²) in [4.78, 5) is 25.0. The number of alkyl halides is 3. The van der Waals surface area contributed by atoms with Crippen molar-refractivity contribution >= 4 is 16.9 Å². The maximum absolute atomic E-state index is 14.5. The Bertz CT molecular complexity index is 1240. The number of benzene rings is 1. The molecule has 3 aromatic rings. The van der Waals surface area contributed by atoms with Gasteiger partial charge in [0.1, 0.15) is 29.5 Å². The first-order valence-corrected chi connectivity index (χ1v) is 11.9. The molecule has 5 rings (SSSR count). The summed E-state index contributed by atoms with van der Waals surface area (Å²) in [5.74, 6) is 0.464. The maximum atomic E-state index is 14.5. The van der Waals surface area contributed by atoms with Crippen molar-refractivity contribution < 1.29 is 22.7 Å². The molecule has 186 valence electrons. The minimum absolute atomic E-state index is 0.156. The van der Waals surface area contributed by atoms with Crippen molar-refractivity contribution in [2.75, 3.05) is 6.61 Å². The van der Waals surface area contributed by atoms with Gasteiger partial charge in [-0.3, -0.25) is 4.79 Å². The quantitative estimate of drug-likeness (QED) is 0.451. The number of aryl methyl sites for hydroxylation is 1. The lowest BCUT2D eigenvalue weighted by atomic mass is 9.90. The van der Waals surface area contributed by atoms with E-state index in [4.69, 9.17) is 10.5 Å². The molecule has 0 aliphatic heterocycles. The molecule has 0 bridgehead atoms. The third kappa shape index (κ3) is 4.84. The fraction of sp³-hybridized carbons (Fsp3) is 0.480. The van der Waals surface area contributed by atoms with Crippen LogP contribution in [0.15, 0.2) is 24.5 Å². The predicted molar refractivity (Wildman–Crippen MR) is 125 cm³/mol. The first kappa shape index (κ1) is 23.6. The highest BCUT2D eigenvalue weighted by molar-refractivity contribution is 6.09. The number of aromatic nitrogens is 3. The molecule has 3 atom stereocenters. The number of hydrogen-bond acceptors (Lipinski definition) is 5. The van der Waals surface area contributed by atoms with Crippen molar-refractivity contribution in [2.45, 2.75) is 63.7 Å². The van der Waals surface area contributed by atoms with Crippen LogP contribution in [0.2, 0.25) is 0 Å². The minimum atomic E-state index is -2.66. The number of nitrogens with zero attached hydrogens (tertiary/aromatic N) is 2. The number of rotatable bonds is 7. The number of hydrogen-bond donors (Lipinski definition) is 3. The van der Waals surface area contributed by atoms with E-state index in [9.17, 15) is 18.0 Å². The van der Waals surface area contributed by atoms with Crippen molar-refractivity contribution in [3.05, 3.63) is 41.3 Å². The zero-order chi connectivity index (χ0) is 24.7. The summed E-state index contributed by atoms with van der Waals surface area (Å²) in [5.41, 5.74) is 8.00. The second-order valence-electron chi connectivity index (χ2n) is 9.55. The van der Waals surface area contributed by atoms with Crippen LogP contribution in [0.5, 0.6) is 5.75 Å². The molecule has 4 N–H and O–H groups in total. The summed E-state index contributed by atoms with van der Waals surface area (Å²) in [7, 11) is 0. The molecule has 1 amide bonds. The smallest absolute Gasteiger partial charge is 0.263 e. The summed E-state index contributed by atoms with van der Waals surface area (Å²) >= 11 is 0. The topological polar surface area (TPSA) is 106 Å². The van der Waals surface area contributed by atoms with Gasteiger partial charge in [-0.1, -0.05) is 0 Å². The van der Waals surface area contributed by atoms with Crippen molar-refractivity contribution in [3.8, 4) is 17.0 Å². The third-order valence-electron chi connectivity index (χ3n) is 6.81. The molecule has 2 aromatic heterocycles. The Labute approximate surface area is 200 Å². The molecule has 1 aromatic carbocycles. The second kappa shape index (κ2) is 9.49. The van der Waals surface area contributed by atoms with Gasteiger partial charge in [-0.15, -0.1) is 0 Å². The molecular formula is C25H28F3N5O2. The summed E-state index contributed by atoms with van der Waals surface area (Å²) < 4.78 is 47.5. The van der Waals surface area contributed by atoms with Crippen LogP contribution in [-0.4, -0.2) is 45.7 Å². The third-order valence-corrected chi connectivity index (χ3v) is 6.81. The first-order valence-electron chi connectivity index (χ1n) is 11.9. The predicted octanol–water partition coefficient (Wildman–Crippen LogP) is 4.61. The molecule has 0 radical (unpaired) electrons. The molecule has 2 aliphatic carbocycles. The van der Waals surface area contributed by atoms with Gasteiger partial charge in [-0.2, -0.15) is 0 Å². The number of H-pyrrole nitrogens is 1. The molecule has 10 heteroatoms. The molecule has 35 heavy (non-hydrogen) atoms. The van der Waals surface area contributed by atoms with Gasteiger partial charge in [0.15, 0.2) is 0 Å². The summed E-state index contributed by atoms with van der Waals surface area (Å²) in [6.45, 7) is 2.21. The van der Waals surface area contributed by atoms with Gasteiger partial charge in [0.05, 0.1) is 23.7 Å². The highest BCUT2D eigenvalue weighted by Gasteiger charge is 2.32. The van der Waals surface area contributed by atoms with Crippen LogP contribution in [0.25, 0.3) is 22.3 Å². The Hall–Kier alpha value is -3.14. The molecular weight excluding hydrogens is 459 g/mol.